The largest absolute Gasteiger partial charge is 0.326 e. The van der Waals surface area contributed by atoms with Crippen molar-refractivity contribution in [3.8, 4) is 16.9 Å². The number of hydrogen-bond acceptors (Lipinski definition) is 6. The number of aromatic nitrogens is 6. The number of anilines is 1. The summed E-state index contributed by atoms with van der Waals surface area (Å²) in [5, 5.41) is 20.2. The lowest BCUT2D eigenvalue weighted by atomic mass is 9.85. The van der Waals surface area contributed by atoms with Crippen LogP contribution in [0.5, 0.6) is 0 Å². The molecule has 2 aromatic heterocycles. The number of hydrogen-bond donors (Lipinski definition) is 1. The van der Waals surface area contributed by atoms with Gasteiger partial charge in [0.1, 0.15) is 11.9 Å². The van der Waals surface area contributed by atoms with Gasteiger partial charge in [-0.1, -0.05) is 23.3 Å². The number of fused-ring (bicyclic) bond motifs is 1. The van der Waals surface area contributed by atoms with Crippen molar-refractivity contribution in [1.82, 2.24) is 30.0 Å². The number of nitrogens with one attached hydrogen (secondary N) is 1. The van der Waals surface area contributed by atoms with Gasteiger partial charge in [0, 0.05) is 35.0 Å². The van der Waals surface area contributed by atoms with Crippen LogP contribution in [0.3, 0.4) is 0 Å². The molecule has 0 saturated heterocycles. The number of rotatable bonds is 3. The summed E-state index contributed by atoms with van der Waals surface area (Å²) < 4.78 is 17.0. The number of halogens is 1. The molecule has 6 rings (SSSR count). The van der Waals surface area contributed by atoms with E-state index in [1.165, 1.54) is 12.1 Å². The summed E-state index contributed by atoms with van der Waals surface area (Å²) in [6, 6.07) is 15.4. The number of ketones is 1. The molecule has 1 aliphatic carbocycles. The van der Waals surface area contributed by atoms with E-state index >= 15 is 0 Å². The first-order valence-corrected chi connectivity index (χ1v) is 10.4. The molecule has 1 aliphatic heterocycles. The highest BCUT2D eigenvalue weighted by molar-refractivity contribution is 5.99. The standard InChI is InChI=1S/C23H18FN7O/c24-15-11-9-14(10-12-15)21-17(13-30(27-21)16-5-2-1-3-6-16)22-20-18(7-4-8-19(20)32)25-23-26-28-29-31(22)23/h1-3,5-6,9-13,22H,4,7-8H2,(H,25,26,29). The zero-order valence-corrected chi connectivity index (χ0v) is 16.9. The molecular weight excluding hydrogens is 409 g/mol. The van der Waals surface area contributed by atoms with Crippen LogP contribution in [-0.2, 0) is 4.79 Å². The van der Waals surface area contributed by atoms with E-state index in [1.807, 2.05) is 36.5 Å². The summed E-state index contributed by atoms with van der Waals surface area (Å²) in [5.74, 6) is 0.234. The number of para-hydroxylation sites is 1. The van der Waals surface area contributed by atoms with Gasteiger partial charge in [0.05, 0.1) is 11.4 Å². The topological polar surface area (TPSA) is 90.5 Å². The first kappa shape index (κ1) is 18.6. The Morgan fingerprint density at radius 1 is 1.03 bits per heavy atom. The average Bonchev–Trinajstić information content (AvgIpc) is 3.46. The van der Waals surface area contributed by atoms with Crippen LogP contribution >= 0.6 is 0 Å². The molecular formula is C23H18FN7O. The third-order valence-corrected chi connectivity index (χ3v) is 5.91. The number of Topliss-reactive ketones (excluding diaryl/α,β-unsaturated/α-hetero) is 1. The molecule has 4 aromatic rings. The Bertz CT molecular complexity index is 1350. The van der Waals surface area contributed by atoms with Gasteiger partial charge < -0.3 is 5.32 Å². The van der Waals surface area contributed by atoms with E-state index in [4.69, 9.17) is 5.10 Å². The minimum Gasteiger partial charge on any atom is -0.326 e. The van der Waals surface area contributed by atoms with Crippen molar-refractivity contribution in [3.63, 3.8) is 0 Å². The number of benzene rings is 2. The second-order valence-electron chi connectivity index (χ2n) is 7.86. The summed E-state index contributed by atoms with van der Waals surface area (Å²) in [7, 11) is 0. The molecule has 1 unspecified atom stereocenters. The summed E-state index contributed by atoms with van der Waals surface area (Å²) in [6.45, 7) is 0. The van der Waals surface area contributed by atoms with Gasteiger partial charge in [0.25, 0.3) is 0 Å². The number of carbonyl (C=O) groups is 1. The third kappa shape index (κ3) is 2.93. The lowest BCUT2D eigenvalue weighted by Crippen LogP contribution is -2.31. The molecule has 0 spiro atoms. The predicted octanol–water partition coefficient (Wildman–Crippen LogP) is 3.69. The van der Waals surface area contributed by atoms with Crippen molar-refractivity contribution in [3.05, 3.63) is 83.4 Å². The van der Waals surface area contributed by atoms with Crippen molar-refractivity contribution >= 4 is 11.7 Å². The summed E-state index contributed by atoms with van der Waals surface area (Å²) in [5.41, 5.74) is 4.55. The van der Waals surface area contributed by atoms with E-state index in [0.717, 1.165) is 35.4 Å². The van der Waals surface area contributed by atoms with E-state index in [9.17, 15) is 9.18 Å². The highest BCUT2D eigenvalue weighted by Gasteiger charge is 2.39. The van der Waals surface area contributed by atoms with Crippen LogP contribution in [0.2, 0.25) is 0 Å². The minimum absolute atomic E-state index is 0.0717. The Morgan fingerprint density at radius 2 is 1.84 bits per heavy atom. The highest BCUT2D eigenvalue weighted by atomic mass is 19.1. The number of tetrazole rings is 1. The van der Waals surface area contributed by atoms with Gasteiger partial charge in [0.15, 0.2) is 5.78 Å². The van der Waals surface area contributed by atoms with E-state index in [1.54, 1.807) is 21.5 Å². The fourth-order valence-corrected chi connectivity index (χ4v) is 4.44. The van der Waals surface area contributed by atoms with Crippen LogP contribution < -0.4 is 5.32 Å². The molecule has 0 amide bonds. The van der Waals surface area contributed by atoms with Crippen molar-refractivity contribution < 1.29 is 9.18 Å². The van der Waals surface area contributed by atoms with Crippen molar-refractivity contribution in [1.29, 1.82) is 0 Å². The van der Waals surface area contributed by atoms with E-state index in [2.05, 4.69) is 20.8 Å². The molecule has 2 aliphatic rings. The van der Waals surface area contributed by atoms with Gasteiger partial charge >= 0.3 is 0 Å². The first-order chi connectivity index (χ1) is 15.7. The number of nitrogens with zero attached hydrogens (tertiary/aromatic N) is 6. The van der Waals surface area contributed by atoms with E-state index in [-0.39, 0.29) is 11.6 Å². The SMILES string of the molecule is O=C1CCCC2=C1C(c1cn(-c3ccccc3)nc1-c1ccc(F)cc1)n1nnnc1N2. The van der Waals surface area contributed by atoms with Gasteiger partial charge in [-0.25, -0.2) is 9.07 Å². The van der Waals surface area contributed by atoms with Crippen molar-refractivity contribution in [2.45, 2.75) is 25.3 Å². The molecule has 3 heterocycles. The van der Waals surface area contributed by atoms with Gasteiger partial charge in [-0.05, 0) is 59.7 Å². The summed E-state index contributed by atoms with van der Waals surface area (Å²) in [4.78, 5) is 13.1. The normalized spacial score (nSPS) is 17.7. The van der Waals surface area contributed by atoms with Gasteiger partial charge in [-0.2, -0.15) is 9.78 Å². The number of allylic oxidation sites excluding steroid dienone is 2. The molecule has 2 aromatic carbocycles. The molecule has 0 radical (unpaired) electrons. The maximum atomic E-state index is 13.6. The Morgan fingerprint density at radius 3 is 2.66 bits per heavy atom. The summed E-state index contributed by atoms with van der Waals surface area (Å²) in [6.07, 6.45) is 3.92. The Labute approximate surface area is 182 Å². The van der Waals surface area contributed by atoms with Crippen LogP contribution in [0.15, 0.2) is 72.1 Å². The molecule has 1 N–H and O–H groups in total. The average molecular weight is 427 g/mol. The molecule has 158 valence electrons. The van der Waals surface area contributed by atoms with Gasteiger partial charge in [-0.3, -0.25) is 4.79 Å². The molecule has 8 nitrogen and oxygen atoms in total. The first-order valence-electron chi connectivity index (χ1n) is 10.4. The molecule has 0 saturated carbocycles. The van der Waals surface area contributed by atoms with Crippen molar-refractivity contribution in [2.75, 3.05) is 5.32 Å². The Kier molecular flexibility index (Phi) is 4.20. The van der Waals surface area contributed by atoms with Gasteiger partial charge in [0.2, 0.25) is 5.95 Å². The molecule has 0 fully saturated rings. The maximum Gasteiger partial charge on any atom is 0.248 e. The van der Waals surface area contributed by atoms with Crippen LogP contribution in [0.25, 0.3) is 16.9 Å². The van der Waals surface area contributed by atoms with Crippen molar-refractivity contribution in [2.24, 2.45) is 0 Å². The fourth-order valence-electron chi connectivity index (χ4n) is 4.44. The second-order valence-corrected chi connectivity index (χ2v) is 7.86. The fraction of sp³-hybridized carbons (Fsp3) is 0.174. The molecule has 9 heteroatoms. The monoisotopic (exact) mass is 427 g/mol. The zero-order chi connectivity index (χ0) is 21.7. The highest BCUT2D eigenvalue weighted by Crippen LogP contribution is 2.42. The third-order valence-electron chi connectivity index (χ3n) is 5.91. The van der Waals surface area contributed by atoms with Crippen LogP contribution in [0.1, 0.15) is 30.9 Å². The minimum atomic E-state index is -0.526. The maximum absolute atomic E-state index is 13.6. The molecule has 0 bridgehead atoms. The molecule has 1 atom stereocenters. The quantitative estimate of drug-likeness (QED) is 0.536. The lowest BCUT2D eigenvalue weighted by Gasteiger charge is -2.31. The smallest absolute Gasteiger partial charge is 0.248 e. The zero-order valence-electron chi connectivity index (χ0n) is 16.9. The Balaban J connectivity index is 1.60. The van der Waals surface area contributed by atoms with Gasteiger partial charge in [-0.15, -0.1) is 0 Å². The molecule has 32 heavy (non-hydrogen) atoms. The Hall–Kier alpha value is -4.14. The predicted molar refractivity (Wildman–Crippen MR) is 114 cm³/mol. The lowest BCUT2D eigenvalue weighted by molar-refractivity contribution is -0.116. The number of carbonyl (C=O) groups excluding carboxylic acids is 1. The van der Waals surface area contributed by atoms with E-state index < -0.39 is 6.04 Å². The summed E-state index contributed by atoms with van der Waals surface area (Å²) >= 11 is 0. The van der Waals surface area contributed by atoms with E-state index in [0.29, 0.717) is 23.6 Å². The van der Waals surface area contributed by atoms with Crippen LogP contribution in [0.4, 0.5) is 10.3 Å². The van der Waals surface area contributed by atoms with Crippen LogP contribution in [-0.4, -0.2) is 35.8 Å². The second kappa shape index (κ2) is 7.23. The van der Waals surface area contributed by atoms with Crippen LogP contribution in [0, 0.1) is 5.82 Å².